The average molecular weight is 247 g/mol. The van der Waals surface area contributed by atoms with Gasteiger partial charge >= 0.3 is 0 Å². The molecule has 3 rings (SSSR count). The van der Waals surface area contributed by atoms with Gasteiger partial charge in [0, 0.05) is 38.7 Å². The smallest absolute Gasteiger partial charge is 0.137 e. The first-order valence-electron chi connectivity index (χ1n) is 6.85. The summed E-state index contributed by atoms with van der Waals surface area (Å²) >= 11 is 0. The zero-order chi connectivity index (χ0) is 12.5. The predicted molar refractivity (Wildman–Crippen MR) is 73.2 cm³/mol. The van der Waals surface area contributed by atoms with E-state index in [4.69, 9.17) is 10.7 Å². The summed E-state index contributed by atoms with van der Waals surface area (Å²) in [6.45, 7) is 3.93. The van der Waals surface area contributed by atoms with Gasteiger partial charge in [0.05, 0.1) is 0 Å². The van der Waals surface area contributed by atoms with Crippen LogP contribution in [-0.2, 0) is 12.8 Å². The summed E-state index contributed by atoms with van der Waals surface area (Å²) in [6, 6.07) is 0. The number of anilines is 2. The van der Waals surface area contributed by atoms with Gasteiger partial charge in [0.2, 0.25) is 0 Å². The fourth-order valence-corrected chi connectivity index (χ4v) is 2.86. The van der Waals surface area contributed by atoms with Crippen LogP contribution in [0.5, 0.6) is 0 Å². The van der Waals surface area contributed by atoms with Gasteiger partial charge in [-0.05, 0) is 25.8 Å². The van der Waals surface area contributed by atoms with Crippen LogP contribution in [0.2, 0.25) is 0 Å². The van der Waals surface area contributed by atoms with E-state index < -0.39 is 0 Å². The van der Waals surface area contributed by atoms with E-state index in [0.29, 0.717) is 6.54 Å². The number of aromatic nitrogens is 2. The number of hydrogen-bond donors (Lipinski definition) is 1. The Morgan fingerprint density at radius 1 is 1.11 bits per heavy atom. The molecule has 2 aliphatic heterocycles. The first-order valence-corrected chi connectivity index (χ1v) is 6.85. The number of fused-ring (bicyclic) bond motifs is 1. The minimum absolute atomic E-state index is 0.613. The molecule has 18 heavy (non-hydrogen) atoms. The van der Waals surface area contributed by atoms with Crippen molar-refractivity contribution in [3.8, 4) is 0 Å². The molecule has 0 aliphatic carbocycles. The monoisotopic (exact) mass is 247 g/mol. The number of hydrogen-bond acceptors (Lipinski definition) is 5. The summed E-state index contributed by atoms with van der Waals surface area (Å²) in [5.74, 6) is 3.19. The Bertz CT molecular complexity index is 439. The van der Waals surface area contributed by atoms with Crippen LogP contribution in [0.4, 0.5) is 11.6 Å². The normalized spacial score (nSPS) is 18.6. The number of nitrogens with zero attached hydrogens (tertiary/aromatic N) is 4. The maximum atomic E-state index is 5.64. The van der Waals surface area contributed by atoms with Gasteiger partial charge in [0.1, 0.15) is 17.5 Å². The molecule has 3 heterocycles. The second-order valence-electron chi connectivity index (χ2n) is 5.17. The predicted octanol–water partition coefficient (Wildman–Crippen LogP) is 0.570. The zero-order valence-electron chi connectivity index (χ0n) is 11.0. The molecule has 2 N–H and O–H groups in total. The molecule has 1 aromatic rings. The molecule has 0 atom stereocenters. The third kappa shape index (κ3) is 1.92. The van der Waals surface area contributed by atoms with E-state index in [1.807, 2.05) is 0 Å². The summed E-state index contributed by atoms with van der Waals surface area (Å²) in [5.41, 5.74) is 6.97. The van der Waals surface area contributed by atoms with E-state index in [0.717, 1.165) is 44.1 Å². The summed E-state index contributed by atoms with van der Waals surface area (Å²) in [7, 11) is 2.11. The first kappa shape index (κ1) is 11.7. The minimum atomic E-state index is 0.613. The van der Waals surface area contributed by atoms with Gasteiger partial charge in [-0.15, -0.1) is 0 Å². The van der Waals surface area contributed by atoms with Crippen LogP contribution in [-0.4, -0.2) is 43.2 Å². The van der Waals surface area contributed by atoms with Gasteiger partial charge in [0.25, 0.3) is 0 Å². The highest BCUT2D eigenvalue weighted by Crippen LogP contribution is 2.33. The standard InChI is InChI=1S/C13H21N5/c1-17-9-5-10-12(17)15-11(4-6-14)16-13(10)18-7-2-3-8-18/h2-9,14H2,1H3. The van der Waals surface area contributed by atoms with E-state index in [9.17, 15) is 0 Å². The van der Waals surface area contributed by atoms with Crippen LogP contribution in [0.1, 0.15) is 24.2 Å². The zero-order valence-corrected chi connectivity index (χ0v) is 11.0. The lowest BCUT2D eigenvalue weighted by Crippen LogP contribution is -2.22. The highest BCUT2D eigenvalue weighted by molar-refractivity contribution is 5.64. The van der Waals surface area contributed by atoms with Crippen molar-refractivity contribution in [2.24, 2.45) is 5.73 Å². The van der Waals surface area contributed by atoms with Crippen molar-refractivity contribution < 1.29 is 0 Å². The van der Waals surface area contributed by atoms with E-state index in [2.05, 4.69) is 21.8 Å². The van der Waals surface area contributed by atoms with Crippen molar-refractivity contribution in [3.05, 3.63) is 11.4 Å². The molecule has 5 heteroatoms. The molecular formula is C13H21N5. The number of nitrogens with two attached hydrogens (primary N) is 1. The second-order valence-corrected chi connectivity index (χ2v) is 5.17. The van der Waals surface area contributed by atoms with E-state index >= 15 is 0 Å². The topological polar surface area (TPSA) is 58.3 Å². The highest BCUT2D eigenvalue weighted by atomic mass is 15.3. The lowest BCUT2D eigenvalue weighted by atomic mass is 10.2. The number of rotatable bonds is 3. The molecule has 0 saturated carbocycles. The summed E-state index contributed by atoms with van der Waals surface area (Å²) in [4.78, 5) is 14.1. The molecule has 5 nitrogen and oxygen atoms in total. The van der Waals surface area contributed by atoms with Crippen LogP contribution in [0.3, 0.4) is 0 Å². The van der Waals surface area contributed by atoms with E-state index in [1.165, 1.54) is 24.2 Å². The average Bonchev–Trinajstić information content (AvgIpc) is 3.00. The molecule has 98 valence electrons. The SMILES string of the molecule is CN1CCc2c1nc(CCN)nc2N1CCCC1. The van der Waals surface area contributed by atoms with Crippen LogP contribution in [0.15, 0.2) is 0 Å². The largest absolute Gasteiger partial charge is 0.359 e. The van der Waals surface area contributed by atoms with Gasteiger partial charge in [0.15, 0.2) is 0 Å². The molecular weight excluding hydrogens is 226 g/mol. The van der Waals surface area contributed by atoms with Gasteiger partial charge < -0.3 is 15.5 Å². The van der Waals surface area contributed by atoms with Gasteiger partial charge in [-0.3, -0.25) is 0 Å². The molecule has 0 amide bonds. The first-order chi connectivity index (χ1) is 8.79. The Balaban J connectivity index is 2.02. The van der Waals surface area contributed by atoms with Crippen molar-refractivity contribution in [1.82, 2.24) is 9.97 Å². The van der Waals surface area contributed by atoms with Crippen molar-refractivity contribution in [3.63, 3.8) is 0 Å². The summed E-state index contributed by atoms with van der Waals surface area (Å²) < 4.78 is 0. The van der Waals surface area contributed by atoms with Crippen molar-refractivity contribution >= 4 is 11.6 Å². The fraction of sp³-hybridized carbons (Fsp3) is 0.692. The highest BCUT2D eigenvalue weighted by Gasteiger charge is 2.26. The lowest BCUT2D eigenvalue weighted by molar-refractivity contribution is 0.835. The van der Waals surface area contributed by atoms with Gasteiger partial charge in [-0.25, -0.2) is 9.97 Å². The maximum Gasteiger partial charge on any atom is 0.137 e. The molecule has 0 bridgehead atoms. The Morgan fingerprint density at radius 2 is 1.83 bits per heavy atom. The lowest BCUT2D eigenvalue weighted by Gasteiger charge is -2.21. The Kier molecular flexibility index (Phi) is 3.07. The quantitative estimate of drug-likeness (QED) is 0.846. The Morgan fingerprint density at radius 3 is 2.56 bits per heavy atom. The number of likely N-dealkylation sites (N-methyl/N-ethyl adjacent to an activating group) is 1. The van der Waals surface area contributed by atoms with Crippen molar-refractivity contribution in [2.75, 3.05) is 43.0 Å². The molecule has 2 aliphatic rings. The molecule has 1 aromatic heterocycles. The summed E-state index contributed by atoms with van der Waals surface area (Å²) in [5, 5.41) is 0. The second kappa shape index (κ2) is 4.72. The molecule has 0 spiro atoms. The van der Waals surface area contributed by atoms with E-state index in [-0.39, 0.29) is 0 Å². The van der Waals surface area contributed by atoms with Gasteiger partial charge in [-0.2, -0.15) is 0 Å². The van der Waals surface area contributed by atoms with Crippen LogP contribution < -0.4 is 15.5 Å². The fourth-order valence-electron chi connectivity index (χ4n) is 2.86. The minimum Gasteiger partial charge on any atom is -0.359 e. The third-order valence-electron chi connectivity index (χ3n) is 3.84. The summed E-state index contributed by atoms with van der Waals surface area (Å²) in [6.07, 6.45) is 4.39. The van der Waals surface area contributed by atoms with Crippen LogP contribution >= 0.6 is 0 Å². The van der Waals surface area contributed by atoms with Crippen molar-refractivity contribution in [1.29, 1.82) is 0 Å². The van der Waals surface area contributed by atoms with Crippen LogP contribution in [0.25, 0.3) is 0 Å². The molecule has 0 radical (unpaired) electrons. The molecule has 0 unspecified atom stereocenters. The van der Waals surface area contributed by atoms with Crippen molar-refractivity contribution in [2.45, 2.75) is 25.7 Å². The molecule has 1 fully saturated rings. The van der Waals surface area contributed by atoms with E-state index in [1.54, 1.807) is 0 Å². The Hall–Kier alpha value is -1.36. The third-order valence-corrected chi connectivity index (χ3v) is 3.84. The Labute approximate surface area is 108 Å². The molecule has 0 aromatic carbocycles. The van der Waals surface area contributed by atoms with Gasteiger partial charge in [-0.1, -0.05) is 0 Å². The molecule has 1 saturated heterocycles. The maximum absolute atomic E-state index is 5.64. The van der Waals surface area contributed by atoms with Crippen LogP contribution in [0, 0.1) is 0 Å².